The molecule has 2 aliphatic heterocycles. The molecule has 0 saturated carbocycles. The number of phenols is 1. The average Bonchev–Trinajstić information content (AvgIpc) is 2.36. The summed E-state index contributed by atoms with van der Waals surface area (Å²) in [5, 5.41) is 13.0. The lowest BCUT2D eigenvalue weighted by atomic mass is 9.79. The first-order valence-electron chi connectivity index (χ1n) is 6.20. The maximum atomic E-state index is 9.60. The monoisotopic (exact) mass is 233 g/mol. The van der Waals surface area contributed by atoms with E-state index in [0.717, 1.165) is 25.1 Å². The van der Waals surface area contributed by atoms with Crippen molar-refractivity contribution < 1.29 is 5.11 Å². The number of nitrogens with zero attached hydrogens (tertiary/aromatic N) is 1. The smallest absolute Gasteiger partial charge is 0.116 e. The summed E-state index contributed by atoms with van der Waals surface area (Å²) < 4.78 is 0. The van der Waals surface area contributed by atoms with E-state index in [1.807, 2.05) is 6.07 Å². The van der Waals surface area contributed by atoms with Gasteiger partial charge in [-0.3, -0.25) is 0 Å². The Bertz CT molecular complexity index is 435. The normalized spacial score (nSPS) is 31.9. The summed E-state index contributed by atoms with van der Waals surface area (Å²) in [6.07, 6.45) is 1.13. The Labute approximate surface area is 101 Å². The summed E-state index contributed by atoms with van der Waals surface area (Å²) in [5.41, 5.74) is 8.59. The van der Waals surface area contributed by atoms with Gasteiger partial charge in [-0.15, -0.1) is 0 Å². The Morgan fingerprint density at radius 1 is 1.47 bits per heavy atom. The molecule has 0 aromatic heterocycles. The van der Waals surface area contributed by atoms with Crippen LogP contribution in [-0.2, 0) is 0 Å². The summed E-state index contributed by atoms with van der Waals surface area (Å²) in [7, 11) is 2.13. The molecule has 3 rings (SSSR count). The second kappa shape index (κ2) is 3.89. The minimum absolute atomic E-state index is 0.0195. The zero-order valence-corrected chi connectivity index (χ0v) is 10.1. The van der Waals surface area contributed by atoms with Crippen LogP contribution < -0.4 is 16.0 Å². The molecule has 4 nitrogen and oxygen atoms in total. The molecule has 92 valence electrons. The number of benzene rings is 1. The van der Waals surface area contributed by atoms with E-state index in [1.165, 1.54) is 5.69 Å². The number of rotatable bonds is 0. The molecule has 3 unspecified atom stereocenters. The first kappa shape index (κ1) is 10.9. The van der Waals surface area contributed by atoms with Gasteiger partial charge in [-0.1, -0.05) is 0 Å². The SMILES string of the molecule is CN1c2ccc(O)cc2C(N)C2CNCCC21. The van der Waals surface area contributed by atoms with Crippen molar-refractivity contribution in [2.75, 3.05) is 25.0 Å². The molecule has 17 heavy (non-hydrogen) atoms. The van der Waals surface area contributed by atoms with E-state index < -0.39 is 0 Å². The quantitative estimate of drug-likeness (QED) is 0.621. The van der Waals surface area contributed by atoms with Crippen molar-refractivity contribution in [2.45, 2.75) is 18.5 Å². The standard InChI is InChI=1S/C13H19N3O/c1-16-11-3-2-8(17)6-9(11)13(14)10-7-15-5-4-12(10)16/h2-3,6,10,12-13,15,17H,4-5,7,14H2,1H3. The molecule has 1 fully saturated rings. The third-order valence-corrected chi connectivity index (χ3v) is 4.20. The van der Waals surface area contributed by atoms with Gasteiger partial charge in [-0.25, -0.2) is 0 Å². The fraction of sp³-hybridized carbons (Fsp3) is 0.538. The molecule has 1 aromatic rings. The van der Waals surface area contributed by atoms with E-state index in [-0.39, 0.29) is 6.04 Å². The van der Waals surface area contributed by atoms with Crippen molar-refractivity contribution in [2.24, 2.45) is 11.7 Å². The highest BCUT2D eigenvalue weighted by Gasteiger charge is 2.39. The number of fused-ring (bicyclic) bond motifs is 2. The van der Waals surface area contributed by atoms with Crippen LogP contribution in [0.2, 0.25) is 0 Å². The van der Waals surface area contributed by atoms with Crippen molar-refractivity contribution in [3.05, 3.63) is 23.8 Å². The zero-order chi connectivity index (χ0) is 12.0. The summed E-state index contributed by atoms with van der Waals surface area (Å²) in [4.78, 5) is 2.32. The molecule has 2 heterocycles. The Morgan fingerprint density at radius 2 is 2.29 bits per heavy atom. The van der Waals surface area contributed by atoms with E-state index in [2.05, 4.69) is 17.3 Å². The third kappa shape index (κ3) is 1.59. The predicted molar refractivity (Wildman–Crippen MR) is 68.2 cm³/mol. The van der Waals surface area contributed by atoms with E-state index >= 15 is 0 Å². The molecular formula is C13H19N3O. The number of piperidine rings is 1. The summed E-state index contributed by atoms with van der Waals surface area (Å²) >= 11 is 0. The van der Waals surface area contributed by atoms with Crippen LogP contribution in [0.15, 0.2) is 18.2 Å². The van der Waals surface area contributed by atoms with Gasteiger partial charge in [0.1, 0.15) is 5.75 Å². The third-order valence-electron chi connectivity index (χ3n) is 4.20. The highest BCUT2D eigenvalue weighted by molar-refractivity contribution is 5.60. The van der Waals surface area contributed by atoms with E-state index in [1.54, 1.807) is 12.1 Å². The average molecular weight is 233 g/mol. The van der Waals surface area contributed by atoms with Gasteiger partial charge in [-0.05, 0) is 36.7 Å². The molecule has 4 heteroatoms. The fourth-order valence-corrected chi connectivity index (χ4v) is 3.26. The molecule has 0 spiro atoms. The van der Waals surface area contributed by atoms with E-state index in [9.17, 15) is 5.11 Å². The number of aromatic hydroxyl groups is 1. The number of nitrogens with two attached hydrogens (primary N) is 1. The molecule has 0 aliphatic carbocycles. The molecule has 0 amide bonds. The summed E-state index contributed by atoms with van der Waals surface area (Å²) in [6, 6.07) is 6.06. The maximum Gasteiger partial charge on any atom is 0.116 e. The first-order valence-corrected chi connectivity index (χ1v) is 6.20. The van der Waals surface area contributed by atoms with Crippen LogP contribution in [0.4, 0.5) is 5.69 Å². The lowest BCUT2D eigenvalue weighted by molar-refractivity contribution is 0.262. The number of anilines is 1. The second-order valence-corrected chi connectivity index (χ2v) is 5.10. The number of phenolic OH excluding ortho intramolecular Hbond substituents is 1. The topological polar surface area (TPSA) is 61.5 Å². The van der Waals surface area contributed by atoms with Gasteiger partial charge in [0.05, 0.1) is 0 Å². The zero-order valence-electron chi connectivity index (χ0n) is 10.1. The molecule has 1 saturated heterocycles. The van der Waals surface area contributed by atoms with Crippen molar-refractivity contribution >= 4 is 5.69 Å². The van der Waals surface area contributed by atoms with Crippen molar-refractivity contribution in [3.8, 4) is 5.75 Å². The minimum atomic E-state index is 0.0195. The fourth-order valence-electron chi connectivity index (χ4n) is 3.26. The molecule has 0 bridgehead atoms. The van der Waals surface area contributed by atoms with Crippen molar-refractivity contribution in [1.82, 2.24) is 5.32 Å². The van der Waals surface area contributed by atoms with Gasteiger partial charge in [0, 0.05) is 37.3 Å². The van der Waals surface area contributed by atoms with Crippen LogP contribution in [-0.4, -0.2) is 31.3 Å². The van der Waals surface area contributed by atoms with Crippen molar-refractivity contribution in [3.63, 3.8) is 0 Å². The summed E-state index contributed by atoms with van der Waals surface area (Å²) in [6.45, 7) is 2.02. The molecule has 2 aliphatic rings. The molecule has 0 radical (unpaired) electrons. The molecule has 3 atom stereocenters. The van der Waals surface area contributed by atoms with Gasteiger partial charge in [0.25, 0.3) is 0 Å². The summed E-state index contributed by atoms with van der Waals surface area (Å²) in [5.74, 6) is 0.734. The molecular weight excluding hydrogens is 214 g/mol. The van der Waals surface area contributed by atoms with E-state index in [0.29, 0.717) is 17.7 Å². The van der Waals surface area contributed by atoms with Crippen molar-refractivity contribution in [1.29, 1.82) is 0 Å². The Kier molecular flexibility index (Phi) is 2.49. The lowest BCUT2D eigenvalue weighted by Crippen LogP contribution is -2.55. The van der Waals surface area contributed by atoms with Gasteiger partial charge < -0.3 is 21.1 Å². The number of hydrogen-bond donors (Lipinski definition) is 3. The highest BCUT2D eigenvalue weighted by atomic mass is 16.3. The predicted octanol–water partition coefficient (Wildman–Crippen LogP) is 0.820. The van der Waals surface area contributed by atoms with Crippen LogP contribution in [0.3, 0.4) is 0 Å². The number of hydrogen-bond acceptors (Lipinski definition) is 4. The van der Waals surface area contributed by atoms with Crippen LogP contribution in [0.25, 0.3) is 0 Å². The largest absolute Gasteiger partial charge is 0.508 e. The maximum absolute atomic E-state index is 9.60. The van der Waals surface area contributed by atoms with Gasteiger partial charge in [0.2, 0.25) is 0 Å². The van der Waals surface area contributed by atoms with Crippen LogP contribution in [0.1, 0.15) is 18.0 Å². The lowest BCUT2D eigenvalue weighted by Gasteiger charge is -2.47. The Hall–Kier alpha value is -1.26. The van der Waals surface area contributed by atoms with Gasteiger partial charge in [-0.2, -0.15) is 0 Å². The Morgan fingerprint density at radius 3 is 3.12 bits per heavy atom. The number of nitrogens with one attached hydrogen (secondary N) is 1. The minimum Gasteiger partial charge on any atom is -0.508 e. The van der Waals surface area contributed by atoms with Gasteiger partial charge in [0.15, 0.2) is 0 Å². The molecule has 1 aromatic carbocycles. The van der Waals surface area contributed by atoms with Crippen LogP contribution in [0, 0.1) is 5.92 Å². The molecule has 4 N–H and O–H groups in total. The van der Waals surface area contributed by atoms with Crippen LogP contribution in [0.5, 0.6) is 5.75 Å². The Balaban J connectivity index is 2.07. The van der Waals surface area contributed by atoms with Gasteiger partial charge >= 0.3 is 0 Å². The van der Waals surface area contributed by atoms with E-state index in [4.69, 9.17) is 5.73 Å². The van der Waals surface area contributed by atoms with Crippen LogP contribution >= 0.6 is 0 Å². The highest BCUT2D eigenvalue weighted by Crippen LogP contribution is 2.41. The second-order valence-electron chi connectivity index (χ2n) is 5.10. The first-order chi connectivity index (χ1) is 8.18.